The lowest BCUT2D eigenvalue weighted by atomic mass is 10.1. The van der Waals surface area contributed by atoms with Gasteiger partial charge in [-0.25, -0.2) is 9.97 Å². The maximum atomic E-state index is 6.45. The molecule has 33 heavy (non-hydrogen) atoms. The lowest BCUT2D eigenvalue weighted by Crippen LogP contribution is -2.37. The smallest absolute Gasteiger partial charge is 0.150 e. The Hall–Kier alpha value is -2.93. The number of hydrogen-bond donors (Lipinski definition) is 1. The molecular formula is C26H28ClN5O. The van der Waals surface area contributed by atoms with Crippen molar-refractivity contribution >= 4 is 28.5 Å². The predicted octanol–water partition coefficient (Wildman–Crippen LogP) is 5.18. The van der Waals surface area contributed by atoms with Crippen LogP contribution in [0, 0.1) is 6.92 Å². The molecule has 0 bridgehead atoms. The number of rotatable bonds is 7. The van der Waals surface area contributed by atoms with Crippen molar-refractivity contribution in [2.75, 3.05) is 44.7 Å². The second-order valence-electron chi connectivity index (χ2n) is 8.37. The Morgan fingerprint density at radius 1 is 1.06 bits per heavy atom. The van der Waals surface area contributed by atoms with Gasteiger partial charge in [-0.15, -0.1) is 0 Å². The van der Waals surface area contributed by atoms with Gasteiger partial charge in [-0.1, -0.05) is 48.0 Å². The van der Waals surface area contributed by atoms with Crippen LogP contribution in [0.15, 0.2) is 61.1 Å². The van der Waals surface area contributed by atoms with Crippen molar-refractivity contribution in [1.82, 2.24) is 19.4 Å². The van der Waals surface area contributed by atoms with Crippen LogP contribution in [0.25, 0.3) is 27.8 Å². The zero-order chi connectivity index (χ0) is 22.6. The maximum absolute atomic E-state index is 6.45. The predicted molar refractivity (Wildman–Crippen MR) is 134 cm³/mol. The van der Waals surface area contributed by atoms with E-state index in [1.54, 1.807) is 6.33 Å². The van der Waals surface area contributed by atoms with E-state index in [2.05, 4.69) is 61.3 Å². The lowest BCUT2D eigenvalue weighted by molar-refractivity contribution is 0.0378. The van der Waals surface area contributed by atoms with Crippen molar-refractivity contribution in [2.45, 2.75) is 13.3 Å². The monoisotopic (exact) mass is 461 g/mol. The molecular weight excluding hydrogens is 434 g/mol. The van der Waals surface area contributed by atoms with Gasteiger partial charge in [-0.2, -0.15) is 0 Å². The molecule has 170 valence electrons. The minimum Gasteiger partial charge on any atom is -0.379 e. The topological polar surface area (TPSA) is 55.2 Å². The molecule has 0 unspecified atom stereocenters. The molecule has 1 aliphatic heterocycles. The minimum atomic E-state index is 0.742. The summed E-state index contributed by atoms with van der Waals surface area (Å²) in [6, 6.07) is 16.5. The number of aryl methyl sites for hydroxylation is 1. The first kappa shape index (κ1) is 21.9. The summed E-state index contributed by atoms with van der Waals surface area (Å²) in [5, 5.41) is 5.34. The van der Waals surface area contributed by atoms with Gasteiger partial charge >= 0.3 is 0 Å². The Labute approximate surface area is 199 Å². The molecule has 2 aromatic carbocycles. The van der Waals surface area contributed by atoms with Crippen molar-refractivity contribution in [2.24, 2.45) is 0 Å². The molecule has 0 atom stereocenters. The second kappa shape index (κ2) is 9.91. The van der Waals surface area contributed by atoms with Gasteiger partial charge in [0.05, 0.1) is 18.6 Å². The van der Waals surface area contributed by atoms with Gasteiger partial charge in [0, 0.05) is 42.1 Å². The summed E-state index contributed by atoms with van der Waals surface area (Å²) in [7, 11) is 0. The van der Waals surface area contributed by atoms with Crippen LogP contribution in [0.3, 0.4) is 0 Å². The Kier molecular flexibility index (Phi) is 6.58. The summed E-state index contributed by atoms with van der Waals surface area (Å²) in [6.45, 7) is 7.60. The first-order valence-electron chi connectivity index (χ1n) is 11.4. The number of fused-ring (bicyclic) bond motifs is 1. The van der Waals surface area contributed by atoms with Gasteiger partial charge in [-0.05, 0) is 43.1 Å². The molecule has 0 saturated carbocycles. The molecule has 6 nitrogen and oxygen atoms in total. The number of halogens is 1. The fourth-order valence-corrected chi connectivity index (χ4v) is 4.47. The highest BCUT2D eigenvalue weighted by molar-refractivity contribution is 6.31. The molecule has 1 saturated heterocycles. The molecule has 0 radical (unpaired) electrons. The third-order valence-corrected chi connectivity index (χ3v) is 6.56. The molecule has 1 fully saturated rings. The molecule has 2 aromatic heterocycles. The van der Waals surface area contributed by atoms with Gasteiger partial charge in [-0.3, -0.25) is 4.90 Å². The van der Waals surface area contributed by atoms with Crippen molar-refractivity contribution in [1.29, 1.82) is 0 Å². The molecule has 1 N–H and O–H groups in total. The SMILES string of the molecule is Cc1ccc(-n2cc(-c3ccccc3)c3c(NCCCN4CCOCC4)ncnc32)cc1Cl. The molecule has 0 amide bonds. The largest absolute Gasteiger partial charge is 0.379 e. The third kappa shape index (κ3) is 4.74. The molecule has 1 aliphatic rings. The van der Waals surface area contributed by atoms with Crippen LogP contribution >= 0.6 is 11.6 Å². The molecule has 5 rings (SSSR count). The molecule has 0 aliphatic carbocycles. The summed E-state index contributed by atoms with van der Waals surface area (Å²) in [5.74, 6) is 0.859. The number of anilines is 1. The number of ether oxygens (including phenoxy) is 1. The Balaban J connectivity index is 1.49. The summed E-state index contributed by atoms with van der Waals surface area (Å²) < 4.78 is 7.55. The summed E-state index contributed by atoms with van der Waals surface area (Å²) in [6.07, 6.45) is 4.81. The summed E-state index contributed by atoms with van der Waals surface area (Å²) in [5.41, 5.74) is 5.12. The van der Waals surface area contributed by atoms with E-state index in [9.17, 15) is 0 Å². The first-order chi connectivity index (χ1) is 16.2. The Morgan fingerprint density at radius 2 is 1.88 bits per heavy atom. The van der Waals surface area contributed by atoms with Crippen LogP contribution in [0.5, 0.6) is 0 Å². The van der Waals surface area contributed by atoms with Gasteiger partial charge < -0.3 is 14.6 Å². The van der Waals surface area contributed by atoms with E-state index in [0.29, 0.717) is 0 Å². The van der Waals surface area contributed by atoms with Crippen molar-refractivity contribution in [3.05, 3.63) is 71.6 Å². The fourth-order valence-electron chi connectivity index (χ4n) is 4.30. The summed E-state index contributed by atoms with van der Waals surface area (Å²) in [4.78, 5) is 11.7. The number of hydrogen-bond acceptors (Lipinski definition) is 5. The summed E-state index contributed by atoms with van der Waals surface area (Å²) >= 11 is 6.45. The van der Waals surface area contributed by atoms with Gasteiger partial charge in [0.25, 0.3) is 0 Å². The lowest BCUT2D eigenvalue weighted by Gasteiger charge is -2.26. The number of nitrogens with zero attached hydrogens (tertiary/aromatic N) is 4. The average molecular weight is 462 g/mol. The third-order valence-electron chi connectivity index (χ3n) is 6.15. The number of morpholine rings is 1. The van der Waals surface area contributed by atoms with E-state index in [0.717, 1.165) is 90.1 Å². The first-order valence-corrected chi connectivity index (χ1v) is 11.8. The molecule has 7 heteroatoms. The molecule has 0 spiro atoms. The highest BCUT2D eigenvalue weighted by Gasteiger charge is 2.18. The van der Waals surface area contributed by atoms with E-state index >= 15 is 0 Å². The van der Waals surface area contributed by atoms with Crippen LogP contribution < -0.4 is 5.32 Å². The van der Waals surface area contributed by atoms with Crippen molar-refractivity contribution in [3.63, 3.8) is 0 Å². The molecule has 4 aromatic rings. The van der Waals surface area contributed by atoms with Crippen LogP contribution in [0.2, 0.25) is 5.02 Å². The minimum absolute atomic E-state index is 0.742. The van der Waals surface area contributed by atoms with Gasteiger partial charge in [0.2, 0.25) is 0 Å². The van der Waals surface area contributed by atoms with Crippen LogP contribution in [0.1, 0.15) is 12.0 Å². The van der Waals surface area contributed by atoms with Gasteiger partial charge in [0.1, 0.15) is 12.1 Å². The fraction of sp³-hybridized carbons (Fsp3) is 0.308. The van der Waals surface area contributed by atoms with E-state index in [4.69, 9.17) is 16.3 Å². The van der Waals surface area contributed by atoms with Gasteiger partial charge in [0.15, 0.2) is 5.65 Å². The zero-order valence-electron chi connectivity index (χ0n) is 18.8. The van der Waals surface area contributed by atoms with Crippen LogP contribution in [-0.4, -0.2) is 58.8 Å². The van der Waals surface area contributed by atoms with E-state index in [1.807, 2.05) is 25.1 Å². The highest BCUT2D eigenvalue weighted by atomic mass is 35.5. The highest BCUT2D eigenvalue weighted by Crippen LogP contribution is 2.35. The average Bonchev–Trinajstić information content (AvgIpc) is 3.25. The quantitative estimate of drug-likeness (QED) is 0.384. The number of benzene rings is 2. The Morgan fingerprint density at radius 3 is 2.67 bits per heavy atom. The number of nitrogens with one attached hydrogen (secondary N) is 1. The Bertz CT molecular complexity index is 1230. The second-order valence-corrected chi connectivity index (χ2v) is 8.77. The van der Waals surface area contributed by atoms with E-state index < -0.39 is 0 Å². The van der Waals surface area contributed by atoms with Crippen molar-refractivity contribution < 1.29 is 4.74 Å². The standard InChI is InChI=1S/C26H28ClN5O/c1-19-8-9-21(16-23(19)27)32-17-22(20-6-3-2-4-7-20)24-25(29-18-30-26(24)32)28-10-5-11-31-12-14-33-15-13-31/h2-4,6-9,16-18H,5,10-15H2,1H3,(H,28,29,30). The zero-order valence-corrected chi connectivity index (χ0v) is 19.6. The van der Waals surface area contributed by atoms with Crippen LogP contribution in [-0.2, 0) is 4.74 Å². The van der Waals surface area contributed by atoms with Crippen molar-refractivity contribution in [3.8, 4) is 16.8 Å². The number of aromatic nitrogens is 3. The van der Waals surface area contributed by atoms with E-state index in [1.165, 1.54) is 0 Å². The van der Waals surface area contributed by atoms with E-state index in [-0.39, 0.29) is 0 Å². The molecule has 3 heterocycles. The van der Waals surface area contributed by atoms with Crippen LogP contribution in [0.4, 0.5) is 5.82 Å². The normalized spacial score (nSPS) is 14.6. The maximum Gasteiger partial charge on any atom is 0.150 e.